The van der Waals surface area contributed by atoms with Crippen molar-refractivity contribution in [2.45, 2.75) is 19.8 Å². The molecule has 1 aromatic rings. The zero-order valence-electron chi connectivity index (χ0n) is 7.60. The number of rotatable bonds is 3. The third kappa shape index (κ3) is 2.55. The fourth-order valence-electron chi connectivity index (χ4n) is 0.930. The van der Waals surface area contributed by atoms with E-state index in [9.17, 15) is 13.2 Å². The van der Waals surface area contributed by atoms with Gasteiger partial charge in [0.1, 0.15) is 5.82 Å². The van der Waals surface area contributed by atoms with Crippen LogP contribution in [-0.2, 0) is 6.42 Å². The minimum Gasteiger partial charge on any atom is -0.241 e. The van der Waals surface area contributed by atoms with Gasteiger partial charge in [0.05, 0.1) is 5.56 Å². The van der Waals surface area contributed by atoms with Crippen LogP contribution in [0.15, 0.2) is 18.5 Å². The Labute approximate surface area is 79.5 Å². The van der Waals surface area contributed by atoms with Crippen molar-refractivity contribution in [3.63, 3.8) is 0 Å². The summed E-state index contributed by atoms with van der Waals surface area (Å²) in [5.41, 5.74) is -0.287. The van der Waals surface area contributed by atoms with Gasteiger partial charge in [0.2, 0.25) is 0 Å². The monoisotopic (exact) mass is 202 g/mol. The molecular weight excluding hydrogens is 193 g/mol. The molecule has 2 nitrogen and oxygen atoms in total. The number of aromatic nitrogens is 2. The number of hydrogen-bond donors (Lipinski definition) is 0. The first-order valence-corrected chi connectivity index (χ1v) is 4.17. The van der Waals surface area contributed by atoms with Crippen LogP contribution in [0.25, 0.3) is 5.83 Å². The minimum absolute atomic E-state index is 0.287. The molecule has 0 atom stereocenters. The van der Waals surface area contributed by atoms with E-state index in [4.69, 9.17) is 0 Å². The second-order valence-corrected chi connectivity index (χ2v) is 2.71. The summed E-state index contributed by atoms with van der Waals surface area (Å²) in [4.78, 5) is 7.51. The molecule has 0 aliphatic heterocycles. The Morgan fingerprint density at radius 1 is 1.21 bits per heavy atom. The zero-order valence-corrected chi connectivity index (χ0v) is 7.60. The highest BCUT2D eigenvalue weighted by Crippen LogP contribution is 2.20. The lowest BCUT2D eigenvalue weighted by atomic mass is 10.3. The van der Waals surface area contributed by atoms with Crippen LogP contribution < -0.4 is 0 Å². The van der Waals surface area contributed by atoms with E-state index in [1.54, 1.807) is 0 Å². The van der Waals surface area contributed by atoms with Gasteiger partial charge < -0.3 is 0 Å². The highest BCUT2D eigenvalue weighted by atomic mass is 19.3. The highest BCUT2D eigenvalue weighted by molar-refractivity contribution is 5.57. The second kappa shape index (κ2) is 4.74. The van der Waals surface area contributed by atoms with Crippen molar-refractivity contribution in [3.05, 3.63) is 29.9 Å². The lowest BCUT2D eigenvalue weighted by Gasteiger charge is -1.98. The van der Waals surface area contributed by atoms with Crippen LogP contribution in [0.3, 0.4) is 0 Å². The van der Waals surface area contributed by atoms with Gasteiger partial charge in [0, 0.05) is 18.8 Å². The van der Waals surface area contributed by atoms with Gasteiger partial charge in [-0.25, -0.2) is 14.4 Å². The minimum atomic E-state index is -2.35. The van der Waals surface area contributed by atoms with E-state index in [1.807, 2.05) is 6.92 Å². The van der Waals surface area contributed by atoms with Crippen molar-refractivity contribution in [2.24, 2.45) is 0 Å². The van der Waals surface area contributed by atoms with E-state index < -0.39 is 11.9 Å². The van der Waals surface area contributed by atoms with Crippen LogP contribution >= 0.6 is 0 Å². The Kier molecular flexibility index (Phi) is 3.62. The first-order valence-electron chi connectivity index (χ1n) is 4.17. The average Bonchev–Trinajstić information content (AvgIpc) is 2.18. The van der Waals surface area contributed by atoms with Crippen molar-refractivity contribution >= 4 is 5.83 Å². The molecule has 0 aliphatic carbocycles. The molecule has 0 amide bonds. The van der Waals surface area contributed by atoms with Gasteiger partial charge in [-0.3, -0.25) is 0 Å². The van der Waals surface area contributed by atoms with Crippen molar-refractivity contribution in [1.29, 1.82) is 0 Å². The van der Waals surface area contributed by atoms with Gasteiger partial charge in [-0.15, -0.1) is 0 Å². The molecule has 0 unspecified atom stereocenters. The maximum Gasteiger partial charge on any atom is 0.306 e. The second-order valence-electron chi connectivity index (χ2n) is 2.71. The van der Waals surface area contributed by atoms with Gasteiger partial charge in [0.25, 0.3) is 0 Å². The van der Waals surface area contributed by atoms with Crippen molar-refractivity contribution < 1.29 is 13.2 Å². The Morgan fingerprint density at radius 3 is 2.21 bits per heavy atom. The fourth-order valence-corrected chi connectivity index (χ4v) is 0.930. The third-order valence-electron chi connectivity index (χ3n) is 1.60. The zero-order chi connectivity index (χ0) is 10.6. The highest BCUT2D eigenvalue weighted by Gasteiger charge is 2.09. The predicted octanol–water partition coefficient (Wildman–Crippen LogP) is 2.96. The Hall–Kier alpha value is -1.39. The van der Waals surface area contributed by atoms with Crippen LogP contribution in [0.4, 0.5) is 13.2 Å². The first-order chi connectivity index (χ1) is 6.65. The molecule has 0 aromatic carbocycles. The quantitative estimate of drug-likeness (QED) is 0.753. The maximum atomic E-state index is 12.6. The standard InChI is InChI=1S/C9H9F3N2/c1-2-3-7-13-4-6(5-14-7)8(10)9(11)12/h4-5H,2-3H2,1H3. The number of halogens is 3. The van der Waals surface area contributed by atoms with E-state index in [0.717, 1.165) is 18.8 Å². The summed E-state index contributed by atoms with van der Waals surface area (Å²) in [6, 6.07) is 0. The van der Waals surface area contributed by atoms with Crippen molar-refractivity contribution in [2.75, 3.05) is 0 Å². The van der Waals surface area contributed by atoms with Gasteiger partial charge in [-0.1, -0.05) is 6.92 Å². The van der Waals surface area contributed by atoms with Gasteiger partial charge >= 0.3 is 6.08 Å². The molecule has 0 aliphatic rings. The molecule has 0 fully saturated rings. The summed E-state index contributed by atoms with van der Waals surface area (Å²) in [5, 5.41) is 0. The summed E-state index contributed by atoms with van der Waals surface area (Å²) in [7, 11) is 0. The lowest BCUT2D eigenvalue weighted by Crippen LogP contribution is -1.94. The fraction of sp³-hybridized carbons (Fsp3) is 0.333. The van der Waals surface area contributed by atoms with E-state index in [2.05, 4.69) is 9.97 Å². The Morgan fingerprint density at radius 2 is 1.79 bits per heavy atom. The number of nitrogens with zero attached hydrogens (tertiary/aromatic N) is 2. The molecule has 1 rings (SSSR count). The van der Waals surface area contributed by atoms with Crippen LogP contribution in [0.5, 0.6) is 0 Å². The van der Waals surface area contributed by atoms with Crippen molar-refractivity contribution in [1.82, 2.24) is 9.97 Å². The van der Waals surface area contributed by atoms with Gasteiger partial charge in [-0.05, 0) is 6.42 Å². The van der Waals surface area contributed by atoms with Crippen LogP contribution in [0.1, 0.15) is 24.7 Å². The molecule has 5 heteroatoms. The summed E-state index contributed by atoms with van der Waals surface area (Å²) in [6.45, 7) is 1.94. The molecule has 0 radical (unpaired) electrons. The van der Waals surface area contributed by atoms with Crippen LogP contribution in [0.2, 0.25) is 0 Å². The van der Waals surface area contributed by atoms with Crippen molar-refractivity contribution in [3.8, 4) is 0 Å². The molecule has 0 saturated heterocycles. The molecular formula is C9H9F3N2. The summed E-state index contributed by atoms with van der Waals surface area (Å²) in [6.07, 6.45) is 1.29. The van der Waals surface area contributed by atoms with Crippen LogP contribution in [-0.4, -0.2) is 9.97 Å². The Bertz CT molecular complexity index is 328. The molecule has 0 bridgehead atoms. The molecule has 0 spiro atoms. The summed E-state index contributed by atoms with van der Waals surface area (Å²) >= 11 is 0. The third-order valence-corrected chi connectivity index (χ3v) is 1.60. The largest absolute Gasteiger partial charge is 0.306 e. The first kappa shape index (κ1) is 10.7. The molecule has 14 heavy (non-hydrogen) atoms. The maximum absolute atomic E-state index is 12.6. The smallest absolute Gasteiger partial charge is 0.241 e. The normalized spacial score (nSPS) is 10.0. The number of aryl methyl sites for hydroxylation is 1. The lowest BCUT2D eigenvalue weighted by molar-refractivity contribution is 0.410. The van der Waals surface area contributed by atoms with E-state index in [0.29, 0.717) is 12.2 Å². The Balaban J connectivity index is 2.89. The topological polar surface area (TPSA) is 25.8 Å². The molecule has 1 heterocycles. The molecule has 1 aromatic heterocycles. The van der Waals surface area contributed by atoms with Crippen LogP contribution in [0, 0.1) is 0 Å². The molecule has 0 N–H and O–H groups in total. The van der Waals surface area contributed by atoms with E-state index >= 15 is 0 Å². The molecule has 0 saturated carbocycles. The van der Waals surface area contributed by atoms with E-state index in [1.165, 1.54) is 0 Å². The summed E-state index contributed by atoms with van der Waals surface area (Å²) in [5.74, 6) is -1.03. The predicted molar refractivity (Wildman–Crippen MR) is 46.3 cm³/mol. The number of hydrogen-bond acceptors (Lipinski definition) is 2. The molecule has 76 valence electrons. The van der Waals surface area contributed by atoms with Gasteiger partial charge in [-0.2, -0.15) is 8.78 Å². The van der Waals surface area contributed by atoms with E-state index in [-0.39, 0.29) is 5.56 Å². The summed E-state index contributed by atoms with van der Waals surface area (Å²) < 4.78 is 36.2. The van der Waals surface area contributed by atoms with Gasteiger partial charge in [0.15, 0.2) is 5.83 Å². The average molecular weight is 202 g/mol. The SMILES string of the molecule is CCCc1ncc(C(F)=C(F)F)cn1.